The van der Waals surface area contributed by atoms with Crippen molar-refractivity contribution < 1.29 is 47.8 Å². The van der Waals surface area contributed by atoms with E-state index in [0.29, 0.717) is 105 Å². The van der Waals surface area contributed by atoms with Crippen LogP contribution in [-0.2, 0) is 42.7 Å². The molecule has 0 aromatic rings. The van der Waals surface area contributed by atoms with Crippen LogP contribution in [0, 0.1) is 0 Å². The molecule has 0 amide bonds. The van der Waals surface area contributed by atoms with Gasteiger partial charge in [0, 0.05) is 5.75 Å². The first-order valence-corrected chi connectivity index (χ1v) is 10.9. The van der Waals surface area contributed by atoms with Gasteiger partial charge in [0.2, 0.25) is 0 Å². The minimum atomic E-state index is -0.263. The molecule has 0 saturated carbocycles. The molecule has 0 radical (unpaired) electrons. The zero-order valence-electron chi connectivity index (χ0n) is 17.8. The predicted octanol–water partition coefficient (Wildman–Crippen LogP) is -0.0420. The summed E-state index contributed by atoms with van der Waals surface area (Å²) in [5.74, 6) is 0.220. The van der Waals surface area contributed by atoms with E-state index in [2.05, 4.69) is 12.6 Å². The van der Waals surface area contributed by atoms with E-state index in [0.717, 1.165) is 0 Å². The summed E-state index contributed by atoms with van der Waals surface area (Å²) in [6, 6.07) is 0. The van der Waals surface area contributed by atoms with Crippen LogP contribution in [0.1, 0.15) is 6.42 Å². The second kappa shape index (κ2) is 26.5. The van der Waals surface area contributed by atoms with Gasteiger partial charge in [-0.1, -0.05) is 0 Å². The molecule has 0 aliphatic heterocycles. The number of rotatable bonds is 25. The predicted molar refractivity (Wildman–Crippen MR) is 112 cm³/mol. The van der Waals surface area contributed by atoms with Crippen molar-refractivity contribution in [2.75, 3.05) is 111 Å². The molecule has 30 heavy (non-hydrogen) atoms. The van der Waals surface area contributed by atoms with Gasteiger partial charge in [0.15, 0.2) is 0 Å². The van der Waals surface area contributed by atoms with Crippen LogP contribution in [0.2, 0.25) is 0 Å². The smallest absolute Gasteiger partial charge is 0.306 e. The van der Waals surface area contributed by atoms with E-state index >= 15 is 0 Å². The Balaban J connectivity index is 3.03. The van der Waals surface area contributed by atoms with Crippen LogP contribution < -0.4 is 0 Å². The summed E-state index contributed by atoms with van der Waals surface area (Å²) in [6.45, 7) is 6.78. The molecular weight excluding hydrogens is 420 g/mol. The van der Waals surface area contributed by atoms with E-state index in [1.807, 2.05) is 0 Å². The van der Waals surface area contributed by atoms with E-state index in [1.54, 1.807) is 0 Å². The van der Waals surface area contributed by atoms with Crippen molar-refractivity contribution in [2.24, 2.45) is 0 Å². The molecule has 0 aromatic heterocycles. The van der Waals surface area contributed by atoms with Gasteiger partial charge < -0.3 is 43.0 Å². The minimum absolute atomic E-state index is 0.0250. The third-order valence-electron chi connectivity index (χ3n) is 3.27. The molecule has 180 valence electrons. The largest absolute Gasteiger partial charge is 0.463 e. The number of hydrogen-bond donors (Lipinski definition) is 2. The first-order chi connectivity index (χ1) is 14.8. The highest BCUT2D eigenvalue weighted by Gasteiger charge is 2.00. The molecular formula is C19H38O10S. The van der Waals surface area contributed by atoms with Gasteiger partial charge in [-0.3, -0.25) is 4.79 Å². The molecule has 0 saturated heterocycles. The second-order valence-corrected chi connectivity index (χ2v) is 6.15. The van der Waals surface area contributed by atoms with E-state index < -0.39 is 0 Å². The van der Waals surface area contributed by atoms with Gasteiger partial charge in [-0.25, -0.2) is 0 Å². The van der Waals surface area contributed by atoms with Crippen LogP contribution >= 0.6 is 12.6 Å². The van der Waals surface area contributed by atoms with E-state index in [4.69, 9.17) is 43.0 Å². The third-order valence-corrected chi connectivity index (χ3v) is 3.50. The van der Waals surface area contributed by atoms with Gasteiger partial charge in [0.05, 0.1) is 106 Å². The van der Waals surface area contributed by atoms with Gasteiger partial charge in [-0.05, 0) is 0 Å². The number of aliphatic hydroxyl groups excluding tert-OH is 1. The lowest BCUT2D eigenvalue weighted by molar-refractivity contribution is -0.144. The van der Waals surface area contributed by atoms with Crippen LogP contribution in [0.15, 0.2) is 0 Å². The zero-order valence-corrected chi connectivity index (χ0v) is 18.7. The van der Waals surface area contributed by atoms with Gasteiger partial charge in [-0.2, -0.15) is 12.6 Å². The standard InChI is InChI=1S/C19H38O10S/c20-2-3-22-4-5-23-6-7-24-8-9-25-10-11-26-12-13-27-14-15-28-16-17-29-19(21)1-18-30/h20,30H,1-18H2. The van der Waals surface area contributed by atoms with Gasteiger partial charge in [0.1, 0.15) is 6.61 Å². The number of thiol groups is 1. The molecule has 11 heteroatoms. The van der Waals surface area contributed by atoms with Crippen molar-refractivity contribution in [3.05, 3.63) is 0 Å². The fourth-order valence-corrected chi connectivity index (χ4v) is 2.05. The Bertz CT molecular complexity index is 349. The number of aliphatic hydroxyl groups is 1. The van der Waals surface area contributed by atoms with Crippen molar-refractivity contribution in [1.29, 1.82) is 0 Å². The van der Waals surface area contributed by atoms with Crippen molar-refractivity contribution in [3.63, 3.8) is 0 Å². The quantitative estimate of drug-likeness (QED) is 0.110. The lowest BCUT2D eigenvalue weighted by Gasteiger charge is -2.08. The molecule has 10 nitrogen and oxygen atoms in total. The summed E-state index contributed by atoms with van der Waals surface area (Å²) in [5.41, 5.74) is 0. The SMILES string of the molecule is O=C(CCS)OCCOCCOCCOCCOCCOCCOCCOCCO. The van der Waals surface area contributed by atoms with E-state index in [9.17, 15) is 4.79 Å². The first-order valence-electron chi connectivity index (χ1n) is 10.2. The molecule has 0 aromatic carbocycles. The summed E-state index contributed by atoms with van der Waals surface area (Å²) < 4.78 is 42.0. The van der Waals surface area contributed by atoms with Crippen LogP contribution in [0.25, 0.3) is 0 Å². The Kier molecular flexibility index (Phi) is 26.1. The molecule has 0 atom stereocenters. The summed E-state index contributed by atoms with van der Waals surface area (Å²) in [5, 5.41) is 8.53. The average Bonchev–Trinajstić information content (AvgIpc) is 2.74. The van der Waals surface area contributed by atoms with Crippen molar-refractivity contribution >= 4 is 18.6 Å². The minimum Gasteiger partial charge on any atom is -0.463 e. The Morgan fingerprint density at radius 2 is 0.833 bits per heavy atom. The van der Waals surface area contributed by atoms with Crippen LogP contribution in [0.3, 0.4) is 0 Å². The monoisotopic (exact) mass is 458 g/mol. The Labute approximate surface area is 184 Å². The molecule has 0 heterocycles. The first kappa shape index (κ1) is 29.5. The lowest BCUT2D eigenvalue weighted by atomic mass is 10.5. The third kappa shape index (κ3) is 25.5. The van der Waals surface area contributed by atoms with Crippen molar-refractivity contribution in [2.45, 2.75) is 6.42 Å². The summed E-state index contributed by atoms with van der Waals surface area (Å²) in [4.78, 5) is 11.1. The maximum absolute atomic E-state index is 11.1. The fourth-order valence-electron chi connectivity index (χ4n) is 1.86. The highest BCUT2D eigenvalue weighted by Crippen LogP contribution is 1.89. The average molecular weight is 459 g/mol. The topological polar surface area (TPSA) is 111 Å². The van der Waals surface area contributed by atoms with E-state index in [1.165, 1.54) is 0 Å². The molecule has 0 rings (SSSR count). The van der Waals surface area contributed by atoms with Crippen molar-refractivity contribution in [1.82, 2.24) is 0 Å². The van der Waals surface area contributed by atoms with E-state index in [-0.39, 0.29) is 19.2 Å². The van der Waals surface area contributed by atoms with Gasteiger partial charge in [-0.15, -0.1) is 0 Å². The number of hydrogen-bond acceptors (Lipinski definition) is 11. The number of esters is 1. The summed E-state index contributed by atoms with van der Waals surface area (Å²) in [6.07, 6.45) is 0.310. The Hall–Kier alpha value is -0.500. The zero-order chi connectivity index (χ0) is 22.0. The number of carbonyl (C=O) groups excluding carboxylic acids is 1. The molecule has 0 spiro atoms. The van der Waals surface area contributed by atoms with Crippen molar-refractivity contribution in [3.8, 4) is 0 Å². The summed E-state index contributed by atoms with van der Waals surface area (Å²) in [7, 11) is 0. The molecule has 0 bridgehead atoms. The van der Waals surface area contributed by atoms with Crippen LogP contribution in [0.5, 0.6) is 0 Å². The maximum Gasteiger partial charge on any atom is 0.306 e. The highest BCUT2D eigenvalue weighted by atomic mass is 32.1. The fraction of sp³-hybridized carbons (Fsp3) is 0.947. The number of ether oxygens (including phenoxy) is 8. The summed E-state index contributed by atoms with van der Waals surface area (Å²) >= 11 is 3.95. The maximum atomic E-state index is 11.1. The van der Waals surface area contributed by atoms with Crippen LogP contribution in [-0.4, -0.2) is 123 Å². The molecule has 0 aliphatic rings. The Morgan fingerprint density at radius 3 is 1.13 bits per heavy atom. The molecule has 0 aliphatic carbocycles. The number of carbonyl (C=O) groups is 1. The highest BCUT2D eigenvalue weighted by molar-refractivity contribution is 7.80. The lowest BCUT2D eigenvalue weighted by Crippen LogP contribution is -2.15. The molecule has 0 fully saturated rings. The van der Waals surface area contributed by atoms with Gasteiger partial charge in [0.25, 0.3) is 0 Å². The Morgan fingerprint density at radius 1 is 0.533 bits per heavy atom. The molecule has 0 unspecified atom stereocenters. The van der Waals surface area contributed by atoms with Crippen LogP contribution in [0.4, 0.5) is 0 Å². The molecule has 1 N–H and O–H groups in total. The second-order valence-electron chi connectivity index (χ2n) is 5.70. The normalized spacial score (nSPS) is 11.1. The van der Waals surface area contributed by atoms with Gasteiger partial charge >= 0.3 is 5.97 Å².